The van der Waals surface area contributed by atoms with E-state index in [0.29, 0.717) is 36.1 Å². The Morgan fingerprint density at radius 1 is 1.24 bits per heavy atom. The van der Waals surface area contributed by atoms with Gasteiger partial charge in [-0.05, 0) is 43.6 Å². The van der Waals surface area contributed by atoms with Crippen LogP contribution in [0.4, 0.5) is 5.69 Å². The monoisotopic (exact) mass is 399 g/mol. The number of nitrogens with one attached hydrogen (secondary N) is 1. The van der Waals surface area contributed by atoms with Gasteiger partial charge in [-0.1, -0.05) is 37.3 Å². The number of nitro groups is 1. The number of nitrogens with zero attached hydrogens (tertiary/aromatic N) is 2. The summed E-state index contributed by atoms with van der Waals surface area (Å²) in [5, 5.41) is 15.0. The standard InChI is InChI=1S/C22H29N3O4/c1-3-24-10-9-18(15-24)13-23-14-19-11-21(28-2)22(12-20(19)25(26)27)29-16-17-7-5-4-6-8-17/h4-8,11-12,18,23H,3,9-10,13-16H2,1-2H3. The van der Waals surface area contributed by atoms with Crippen LogP contribution in [0.2, 0.25) is 0 Å². The molecular weight excluding hydrogens is 370 g/mol. The first-order valence-corrected chi connectivity index (χ1v) is 10.1. The van der Waals surface area contributed by atoms with Crippen LogP contribution in [0.25, 0.3) is 0 Å². The van der Waals surface area contributed by atoms with E-state index in [1.54, 1.807) is 13.2 Å². The third kappa shape index (κ3) is 5.68. The Hall–Kier alpha value is -2.64. The molecule has 1 saturated heterocycles. The lowest BCUT2D eigenvalue weighted by atomic mass is 10.1. The molecule has 0 radical (unpaired) electrons. The van der Waals surface area contributed by atoms with Gasteiger partial charge < -0.3 is 19.7 Å². The Bertz CT molecular complexity index is 813. The molecule has 1 N–H and O–H groups in total. The van der Waals surface area contributed by atoms with E-state index in [4.69, 9.17) is 9.47 Å². The van der Waals surface area contributed by atoms with E-state index in [9.17, 15) is 10.1 Å². The zero-order valence-corrected chi connectivity index (χ0v) is 17.1. The van der Waals surface area contributed by atoms with Crippen molar-refractivity contribution in [3.8, 4) is 11.5 Å². The lowest BCUT2D eigenvalue weighted by molar-refractivity contribution is -0.385. The molecule has 0 amide bonds. The summed E-state index contributed by atoms with van der Waals surface area (Å²) in [7, 11) is 1.55. The third-order valence-electron chi connectivity index (χ3n) is 5.36. The number of ether oxygens (including phenoxy) is 2. The van der Waals surface area contributed by atoms with Crippen molar-refractivity contribution in [2.24, 2.45) is 5.92 Å². The highest BCUT2D eigenvalue weighted by atomic mass is 16.6. The second-order valence-electron chi connectivity index (χ2n) is 7.34. The molecule has 156 valence electrons. The SMILES string of the molecule is CCN1CCC(CNCc2cc(OC)c(OCc3ccccc3)cc2[N+](=O)[O-])C1. The molecule has 29 heavy (non-hydrogen) atoms. The number of likely N-dealkylation sites (tertiary alicyclic amines) is 1. The molecule has 3 rings (SSSR count). The van der Waals surface area contributed by atoms with Crippen molar-refractivity contribution >= 4 is 5.69 Å². The first kappa shape index (κ1) is 21.1. The molecule has 2 aromatic rings. The molecule has 1 aliphatic rings. The zero-order chi connectivity index (χ0) is 20.6. The summed E-state index contributed by atoms with van der Waals surface area (Å²) in [6.45, 7) is 7.06. The Labute approximate surface area is 171 Å². The van der Waals surface area contributed by atoms with Crippen LogP contribution in [0.1, 0.15) is 24.5 Å². The van der Waals surface area contributed by atoms with Crippen molar-refractivity contribution in [2.45, 2.75) is 26.5 Å². The molecule has 1 atom stereocenters. The van der Waals surface area contributed by atoms with Crippen LogP contribution in [0, 0.1) is 16.0 Å². The van der Waals surface area contributed by atoms with Gasteiger partial charge in [0, 0.05) is 18.7 Å². The first-order valence-electron chi connectivity index (χ1n) is 10.1. The van der Waals surface area contributed by atoms with Gasteiger partial charge in [0.25, 0.3) is 5.69 Å². The maximum absolute atomic E-state index is 11.6. The summed E-state index contributed by atoms with van der Waals surface area (Å²) in [5.41, 5.74) is 1.63. The fourth-order valence-electron chi connectivity index (χ4n) is 3.69. The maximum Gasteiger partial charge on any atom is 0.277 e. The van der Waals surface area contributed by atoms with Crippen molar-refractivity contribution in [2.75, 3.05) is 33.3 Å². The summed E-state index contributed by atoms with van der Waals surface area (Å²) in [6.07, 6.45) is 1.17. The van der Waals surface area contributed by atoms with Crippen molar-refractivity contribution in [1.29, 1.82) is 0 Å². The molecule has 2 aromatic carbocycles. The van der Waals surface area contributed by atoms with Gasteiger partial charge >= 0.3 is 0 Å². The molecule has 0 aromatic heterocycles. The number of methoxy groups -OCH3 is 1. The smallest absolute Gasteiger partial charge is 0.277 e. The fraction of sp³-hybridized carbons (Fsp3) is 0.455. The van der Waals surface area contributed by atoms with Gasteiger partial charge in [-0.15, -0.1) is 0 Å². The molecule has 1 heterocycles. The van der Waals surface area contributed by atoms with Crippen LogP contribution in [0.3, 0.4) is 0 Å². The van der Waals surface area contributed by atoms with Gasteiger partial charge in [0.15, 0.2) is 11.5 Å². The minimum Gasteiger partial charge on any atom is -0.493 e. The Morgan fingerprint density at radius 3 is 2.69 bits per heavy atom. The van der Waals surface area contributed by atoms with E-state index in [2.05, 4.69) is 17.1 Å². The van der Waals surface area contributed by atoms with Crippen LogP contribution < -0.4 is 14.8 Å². The molecule has 0 bridgehead atoms. The molecule has 1 fully saturated rings. The predicted molar refractivity (Wildman–Crippen MR) is 112 cm³/mol. The average molecular weight is 399 g/mol. The fourth-order valence-corrected chi connectivity index (χ4v) is 3.69. The van der Waals surface area contributed by atoms with Gasteiger partial charge in [-0.25, -0.2) is 0 Å². The van der Waals surface area contributed by atoms with E-state index >= 15 is 0 Å². The first-order chi connectivity index (χ1) is 14.1. The lowest BCUT2D eigenvalue weighted by Crippen LogP contribution is -2.26. The number of hydrogen-bond acceptors (Lipinski definition) is 6. The second-order valence-corrected chi connectivity index (χ2v) is 7.34. The van der Waals surface area contributed by atoms with Crippen LogP contribution in [0.5, 0.6) is 11.5 Å². The minimum atomic E-state index is -0.361. The van der Waals surface area contributed by atoms with Gasteiger partial charge in [0.05, 0.1) is 18.1 Å². The molecule has 0 saturated carbocycles. The highest BCUT2D eigenvalue weighted by molar-refractivity contribution is 5.54. The molecule has 7 heteroatoms. The third-order valence-corrected chi connectivity index (χ3v) is 5.36. The second kappa shape index (κ2) is 10.2. The van der Waals surface area contributed by atoms with Gasteiger partial charge in [0.1, 0.15) is 6.61 Å². The predicted octanol–water partition coefficient (Wildman–Crippen LogP) is 3.61. The van der Waals surface area contributed by atoms with Gasteiger partial charge in [-0.3, -0.25) is 10.1 Å². The van der Waals surface area contributed by atoms with Crippen LogP contribution in [-0.4, -0.2) is 43.1 Å². The van der Waals surface area contributed by atoms with Crippen molar-refractivity contribution in [1.82, 2.24) is 10.2 Å². The van der Waals surface area contributed by atoms with E-state index in [-0.39, 0.29) is 10.6 Å². The van der Waals surface area contributed by atoms with E-state index in [1.807, 2.05) is 30.3 Å². The summed E-state index contributed by atoms with van der Waals surface area (Å²) in [4.78, 5) is 13.7. The van der Waals surface area contributed by atoms with Crippen molar-refractivity contribution < 1.29 is 14.4 Å². The normalized spacial score (nSPS) is 16.7. The molecular formula is C22H29N3O4. The molecule has 0 spiro atoms. The summed E-state index contributed by atoms with van der Waals surface area (Å²) in [6, 6.07) is 12.9. The lowest BCUT2D eigenvalue weighted by Gasteiger charge is -2.15. The Morgan fingerprint density at radius 2 is 2.03 bits per heavy atom. The largest absolute Gasteiger partial charge is 0.493 e. The quantitative estimate of drug-likeness (QED) is 0.486. The molecule has 1 aliphatic heterocycles. The van der Waals surface area contributed by atoms with Crippen molar-refractivity contribution in [3.05, 3.63) is 63.7 Å². The van der Waals surface area contributed by atoms with Gasteiger partial charge in [-0.2, -0.15) is 0 Å². The zero-order valence-electron chi connectivity index (χ0n) is 17.1. The van der Waals surface area contributed by atoms with Gasteiger partial charge in [0.2, 0.25) is 0 Å². The van der Waals surface area contributed by atoms with E-state index in [0.717, 1.165) is 31.7 Å². The molecule has 0 aliphatic carbocycles. The van der Waals surface area contributed by atoms with Crippen LogP contribution in [-0.2, 0) is 13.2 Å². The topological polar surface area (TPSA) is 76.9 Å². The molecule has 7 nitrogen and oxygen atoms in total. The average Bonchev–Trinajstić information content (AvgIpc) is 3.21. The summed E-state index contributed by atoms with van der Waals surface area (Å²) >= 11 is 0. The van der Waals surface area contributed by atoms with Crippen LogP contribution >= 0.6 is 0 Å². The Balaban J connectivity index is 1.67. The number of rotatable bonds is 10. The minimum absolute atomic E-state index is 0.0444. The maximum atomic E-state index is 11.6. The Kier molecular flexibility index (Phi) is 7.43. The van der Waals surface area contributed by atoms with E-state index < -0.39 is 0 Å². The van der Waals surface area contributed by atoms with Crippen LogP contribution in [0.15, 0.2) is 42.5 Å². The number of hydrogen-bond donors (Lipinski definition) is 1. The molecule has 1 unspecified atom stereocenters. The highest BCUT2D eigenvalue weighted by Crippen LogP contribution is 2.35. The summed E-state index contributed by atoms with van der Waals surface area (Å²) < 4.78 is 11.2. The number of nitro benzene ring substituents is 1. The van der Waals surface area contributed by atoms with Crippen molar-refractivity contribution in [3.63, 3.8) is 0 Å². The highest BCUT2D eigenvalue weighted by Gasteiger charge is 2.22. The van der Waals surface area contributed by atoms with E-state index in [1.165, 1.54) is 12.5 Å². The number of benzene rings is 2. The summed E-state index contributed by atoms with van der Waals surface area (Å²) in [5.74, 6) is 1.46.